The first-order valence-electron chi connectivity index (χ1n) is 5.01. The monoisotopic (exact) mass is 275 g/mol. The Hall–Kier alpha value is -1.70. The molecule has 0 bridgehead atoms. The highest BCUT2D eigenvalue weighted by molar-refractivity contribution is 7.13. The number of carbonyl (C=O) groups excluding carboxylic acids is 1. The van der Waals surface area contributed by atoms with E-state index in [9.17, 15) is 18.0 Å². The van der Waals surface area contributed by atoms with Crippen LogP contribution in [0.2, 0.25) is 0 Å². The van der Waals surface area contributed by atoms with Gasteiger partial charge in [-0.2, -0.15) is 18.3 Å². The average Bonchev–Trinajstić information content (AvgIpc) is 2.94. The highest BCUT2D eigenvalue weighted by atomic mass is 32.1. The molecule has 0 aliphatic heterocycles. The molecule has 96 valence electrons. The Bertz CT molecular complexity index is 573. The molecule has 2 aromatic heterocycles. The molecule has 0 amide bonds. The van der Waals surface area contributed by atoms with E-state index in [-0.39, 0.29) is 16.3 Å². The number of halogens is 3. The smallest absolute Gasteiger partial charge is 0.298 e. The van der Waals surface area contributed by atoms with Crippen LogP contribution in [0.1, 0.15) is 23.0 Å². The van der Waals surface area contributed by atoms with Crippen LogP contribution in [0.5, 0.6) is 0 Å². The van der Waals surface area contributed by atoms with Gasteiger partial charge in [-0.3, -0.25) is 9.48 Å². The molecule has 2 heterocycles. The maximum atomic E-state index is 12.4. The van der Waals surface area contributed by atoms with Gasteiger partial charge in [0.05, 0.1) is 5.56 Å². The second-order valence-corrected chi connectivity index (χ2v) is 4.30. The second-order valence-electron chi connectivity index (χ2n) is 3.44. The average molecular weight is 275 g/mol. The summed E-state index contributed by atoms with van der Waals surface area (Å²) < 4.78 is 38.7. The van der Waals surface area contributed by atoms with Crippen LogP contribution < -0.4 is 0 Å². The summed E-state index contributed by atoms with van der Waals surface area (Å²) in [6, 6.07) is 0. The predicted molar refractivity (Wildman–Crippen MR) is 59.4 cm³/mol. The lowest BCUT2D eigenvalue weighted by Gasteiger charge is -1.99. The predicted octanol–water partition coefficient (Wildman–Crippen LogP) is 2.86. The number of hydrogen-bond acceptors (Lipinski definition) is 4. The number of hydrogen-bond donors (Lipinski definition) is 0. The molecule has 0 unspecified atom stereocenters. The number of aldehydes is 1. The van der Waals surface area contributed by atoms with Crippen LogP contribution in [-0.2, 0) is 12.7 Å². The highest BCUT2D eigenvalue weighted by Crippen LogP contribution is 2.33. The first kappa shape index (κ1) is 12.7. The Kier molecular flexibility index (Phi) is 3.20. The maximum absolute atomic E-state index is 12.4. The van der Waals surface area contributed by atoms with Gasteiger partial charge >= 0.3 is 6.18 Å². The van der Waals surface area contributed by atoms with Gasteiger partial charge < -0.3 is 0 Å². The minimum atomic E-state index is -4.48. The van der Waals surface area contributed by atoms with Crippen molar-refractivity contribution in [3.8, 4) is 10.7 Å². The van der Waals surface area contributed by atoms with Crippen molar-refractivity contribution in [2.45, 2.75) is 19.6 Å². The Morgan fingerprint density at radius 2 is 2.22 bits per heavy atom. The summed E-state index contributed by atoms with van der Waals surface area (Å²) in [5.74, 6) is 0. The SMILES string of the molecule is CCn1cc(C=O)c(-c2nc(C(F)(F)F)cs2)n1. The van der Waals surface area contributed by atoms with Gasteiger partial charge in [0.2, 0.25) is 0 Å². The summed E-state index contributed by atoms with van der Waals surface area (Å²) in [6.07, 6.45) is -2.44. The third-order valence-electron chi connectivity index (χ3n) is 2.24. The zero-order valence-corrected chi connectivity index (χ0v) is 10.0. The molecule has 4 nitrogen and oxygen atoms in total. The van der Waals surface area contributed by atoms with Crippen molar-refractivity contribution in [3.05, 3.63) is 22.8 Å². The summed E-state index contributed by atoms with van der Waals surface area (Å²) in [7, 11) is 0. The van der Waals surface area contributed by atoms with Crippen LogP contribution in [0.4, 0.5) is 13.2 Å². The van der Waals surface area contributed by atoms with Gasteiger partial charge in [0.15, 0.2) is 12.0 Å². The van der Waals surface area contributed by atoms with Gasteiger partial charge in [-0.25, -0.2) is 4.98 Å². The fraction of sp³-hybridized carbons (Fsp3) is 0.300. The second kappa shape index (κ2) is 4.52. The van der Waals surface area contributed by atoms with Crippen molar-refractivity contribution < 1.29 is 18.0 Å². The first-order chi connectivity index (χ1) is 8.45. The lowest BCUT2D eigenvalue weighted by Crippen LogP contribution is -2.05. The molecular formula is C10H8F3N3OS. The third kappa shape index (κ3) is 2.28. The molecule has 0 radical (unpaired) electrons. The Morgan fingerprint density at radius 3 is 2.72 bits per heavy atom. The number of thiazole rings is 1. The van der Waals surface area contributed by atoms with Crippen LogP contribution in [0, 0.1) is 0 Å². The zero-order valence-electron chi connectivity index (χ0n) is 9.23. The van der Waals surface area contributed by atoms with Crippen LogP contribution in [0.25, 0.3) is 10.7 Å². The van der Waals surface area contributed by atoms with Gasteiger partial charge in [-0.1, -0.05) is 0 Å². The fourth-order valence-corrected chi connectivity index (χ4v) is 2.19. The Balaban J connectivity index is 2.45. The van der Waals surface area contributed by atoms with Crippen LogP contribution >= 0.6 is 11.3 Å². The molecule has 18 heavy (non-hydrogen) atoms. The third-order valence-corrected chi connectivity index (χ3v) is 3.09. The molecule has 0 spiro atoms. The number of nitrogens with zero attached hydrogens (tertiary/aromatic N) is 3. The van der Waals surface area contributed by atoms with Crippen molar-refractivity contribution in [2.75, 3.05) is 0 Å². The van der Waals surface area contributed by atoms with Crippen LogP contribution in [0.15, 0.2) is 11.6 Å². The van der Waals surface area contributed by atoms with Crippen molar-refractivity contribution in [3.63, 3.8) is 0 Å². The number of rotatable bonds is 3. The van der Waals surface area contributed by atoms with E-state index in [1.54, 1.807) is 0 Å². The zero-order chi connectivity index (χ0) is 13.3. The molecule has 2 rings (SSSR count). The van der Waals surface area contributed by atoms with Crippen molar-refractivity contribution in [1.82, 2.24) is 14.8 Å². The summed E-state index contributed by atoms with van der Waals surface area (Å²) >= 11 is 0.817. The standard InChI is InChI=1S/C10H8F3N3OS/c1-2-16-3-6(4-17)8(15-16)9-14-7(5-18-9)10(11,12)13/h3-5H,2H2,1H3. The molecule has 0 aliphatic carbocycles. The highest BCUT2D eigenvalue weighted by Gasteiger charge is 2.34. The van der Waals surface area contributed by atoms with E-state index in [1.807, 2.05) is 6.92 Å². The first-order valence-corrected chi connectivity index (χ1v) is 5.89. The largest absolute Gasteiger partial charge is 0.434 e. The lowest BCUT2D eigenvalue weighted by atomic mass is 10.3. The molecule has 0 aliphatic rings. The molecule has 0 aromatic carbocycles. The number of aromatic nitrogens is 3. The van der Waals surface area contributed by atoms with E-state index in [2.05, 4.69) is 10.1 Å². The van der Waals surface area contributed by atoms with E-state index in [0.29, 0.717) is 12.8 Å². The van der Waals surface area contributed by atoms with Gasteiger partial charge in [0.25, 0.3) is 0 Å². The lowest BCUT2D eigenvalue weighted by molar-refractivity contribution is -0.140. The van der Waals surface area contributed by atoms with E-state index in [4.69, 9.17) is 0 Å². The molecule has 0 atom stereocenters. The number of aryl methyl sites for hydroxylation is 1. The van der Waals surface area contributed by atoms with Gasteiger partial charge in [-0.15, -0.1) is 11.3 Å². The quantitative estimate of drug-likeness (QED) is 0.809. The van der Waals surface area contributed by atoms with Gasteiger partial charge in [-0.05, 0) is 6.92 Å². The van der Waals surface area contributed by atoms with E-state index < -0.39 is 11.9 Å². The molecule has 0 N–H and O–H groups in total. The van der Waals surface area contributed by atoms with Crippen molar-refractivity contribution in [1.29, 1.82) is 0 Å². The summed E-state index contributed by atoms with van der Waals surface area (Å²) in [5, 5.41) is 5.04. The topological polar surface area (TPSA) is 47.8 Å². The summed E-state index contributed by atoms with van der Waals surface area (Å²) in [4.78, 5) is 14.3. The molecule has 0 saturated carbocycles. The number of carbonyl (C=O) groups is 1. The molecular weight excluding hydrogens is 267 g/mol. The van der Waals surface area contributed by atoms with Gasteiger partial charge in [0, 0.05) is 18.1 Å². The molecule has 0 fully saturated rings. The van der Waals surface area contributed by atoms with E-state index in [1.165, 1.54) is 10.9 Å². The summed E-state index contributed by atoms with van der Waals surface area (Å²) in [6.45, 7) is 2.34. The van der Waals surface area contributed by atoms with Crippen molar-refractivity contribution in [2.24, 2.45) is 0 Å². The minimum Gasteiger partial charge on any atom is -0.298 e. The van der Waals surface area contributed by atoms with Gasteiger partial charge in [0.1, 0.15) is 10.7 Å². The normalized spacial score (nSPS) is 11.8. The fourth-order valence-electron chi connectivity index (χ4n) is 1.36. The van der Waals surface area contributed by atoms with Crippen LogP contribution in [-0.4, -0.2) is 21.1 Å². The van der Waals surface area contributed by atoms with E-state index >= 15 is 0 Å². The van der Waals surface area contributed by atoms with E-state index in [0.717, 1.165) is 16.7 Å². The van der Waals surface area contributed by atoms with Crippen LogP contribution in [0.3, 0.4) is 0 Å². The minimum absolute atomic E-state index is 0.0941. The maximum Gasteiger partial charge on any atom is 0.434 e. The Labute approximate surface area is 104 Å². The molecule has 2 aromatic rings. The summed E-state index contributed by atoms with van der Waals surface area (Å²) in [5.41, 5.74) is -0.544. The molecule has 0 saturated heterocycles. The van der Waals surface area contributed by atoms with Crippen molar-refractivity contribution >= 4 is 17.6 Å². The number of alkyl halides is 3. The molecule has 8 heteroatoms. The Morgan fingerprint density at radius 1 is 1.50 bits per heavy atom.